The molecule has 2 rings (SSSR count). The highest BCUT2D eigenvalue weighted by atomic mass is 16.6. The van der Waals surface area contributed by atoms with Gasteiger partial charge in [0, 0.05) is 0 Å². The maximum atomic E-state index is 11.8. The lowest BCUT2D eigenvalue weighted by molar-refractivity contribution is -0.150. The number of hydrogen-bond donors (Lipinski definition) is 1. The summed E-state index contributed by atoms with van der Waals surface area (Å²) < 4.78 is 15.4. The number of furan rings is 1. The van der Waals surface area contributed by atoms with Crippen molar-refractivity contribution in [2.24, 2.45) is 0 Å². The molecule has 1 heterocycles. The largest absolute Gasteiger partial charge is 0.482 e. The fourth-order valence-electron chi connectivity index (χ4n) is 2.17. The van der Waals surface area contributed by atoms with Crippen LogP contribution < -0.4 is 10.1 Å². The van der Waals surface area contributed by atoms with E-state index in [1.54, 1.807) is 31.2 Å². The minimum Gasteiger partial charge on any atom is -0.482 e. The van der Waals surface area contributed by atoms with Crippen LogP contribution in [0.25, 0.3) is 0 Å². The first-order valence-corrected chi connectivity index (χ1v) is 8.17. The lowest BCUT2D eigenvalue weighted by Gasteiger charge is -2.12. The minimum absolute atomic E-state index is 0.248. The number of amides is 1. The fourth-order valence-corrected chi connectivity index (χ4v) is 2.17. The molecule has 1 amide bonds. The van der Waals surface area contributed by atoms with Crippen LogP contribution in [0.4, 0.5) is 0 Å². The molecule has 0 saturated heterocycles. The maximum Gasteiger partial charge on any atom is 0.344 e. The van der Waals surface area contributed by atoms with Gasteiger partial charge in [-0.15, -0.1) is 0 Å². The molecule has 1 aromatic heterocycles. The number of hydrogen-bond acceptors (Lipinski definition) is 5. The normalized spacial score (nSPS) is 11.8. The summed E-state index contributed by atoms with van der Waals surface area (Å²) in [6, 6.07) is 10.7. The van der Waals surface area contributed by atoms with Crippen molar-refractivity contribution in [3.63, 3.8) is 0 Å². The van der Waals surface area contributed by atoms with E-state index in [9.17, 15) is 9.59 Å². The van der Waals surface area contributed by atoms with E-state index < -0.39 is 11.9 Å². The number of ether oxygens (including phenoxy) is 2. The zero-order chi connectivity index (χ0) is 18.2. The van der Waals surface area contributed by atoms with Gasteiger partial charge in [-0.25, -0.2) is 4.79 Å². The van der Waals surface area contributed by atoms with Gasteiger partial charge in [0.15, 0.2) is 13.2 Å². The van der Waals surface area contributed by atoms with Gasteiger partial charge in [0.25, 0.3) is 5.91 Å². The smallest absolute Gasteiger partial charge is 0.344 e. The average molecular weight is 345 g/mol. The molecule has 6 nitrogen and oxygen atoms in total. The molecular formula is C19H23NO5. The Morgan fingerprint density at radius 3 is 2.40 bits per heavy atom. The Morgan fingerprint density at radius 2 is 1.80 bits per heavy atom. The number of benzene rings is 1. The zero-order valence-corrected chi connectivity index (χ0v) is 14.7. The van der Waals surface area contributed by atoms with E-state index in [0.717, 1.165) is 0 Å². The van der Waals surface area contributed by atoms with E-state index >= 15 is 0 Å². The number of rotatable bonds is 8. The van der Waals surface area contributed by atoms with Crippen LogP contribution in [-0.2, 0) is 14.3 Å². The SMILES string of the molecule is CC(C)c1ccc(OCC(=O)OCC(=O)N[C@H](C)c2ccco2)cc1. The van der Waals surface area contributed by atoms with Crippen LogP contribution in [0.3, 0.4) is 0 Å². The van der Waals surface area contributed by atoms with Crippen LogP contribution in [0.2, 0.25) is 0 Å². The summed E-state index contributed by atoms with van der Waals surface area (Å²) >= 11 is 0. The first-order chi connectivity index (χ1) is 12.0. The predicted octanol–water partition coefficient (Wildman–Crippen LogP) is 3.20. The number of esters is 1. The van der Waals surface area contributed by atoms with E-state index in [1.807, 2.05) is 12.1 Å². The lowest BCUT2D eigenvalue weighted by atomic mass is 10.0. The Bertz CT molecular complexity index is 676. The van der Waals surface area contributed by atoms with Gasteiger partial charge in [0.1, 0.15) is 11.5 Å². The van der Waals surface area contributed by atoms with Crippen LogP contribution in [-0.4, -0.2) is 25.1 Å². The third-order valence-electron chi connectivity index (χ3n) is 3.62. The third kappa shape index (κ3) is 5.99. The molecule has 0 saturated carbocycles. The van der Waals surface area contributed by atoms with Crippen LogP contribution in [0.5, 0.6) is 5.75 Å². The Hall–Kier alpha value is -2.76. The van der Waals surface area contributed by atoms with Gasteiger partial charge < -0.3 is 19.2 Å². The van der Waals surface area contributed by atoms with Crippen molar-refractivity contribution in [3.8, 4) is 5.75 Å². The second kappa shape index (κ2) is 8.92. The van der Waals surface area contributed by atoms with E-state index in [2.05, 4.69) is 19.2 Å². The molecule has 0 aliphatic carbocycles. The molecule has 6 heteroatoms. The molecule has 0 aliphatic rings. The van der Waals surface area contributed by atoms with Crippen molar-refractivity contribution in [2.45, 2.75) is 32.7 Å². The van der Waals surface area contributed by atoms with Gasteiger partial charge in [-0.1, -0.05) is 26.0 Å². The molecule has 1 N–H and O–H groups in total. The summed E-state index contributed by atoms with van der Waals surface area (Å²) in [6.45, 7) is 5.38. The van der Waals surface area contributed by atoms with E-state index in [-0.39, 0.29) is 19.3 Å². The van der Waals surface area contributed by atoms with Crippen molar-refractivity contribution in [1.29, 1.82) is 0 Å². The summed E-state index contributed by atoms with van der Waals surface area (Å²) in [5.41, 5.74) is 1.19. The van der Waals surface area contributed by atoms with Crippen LogP contribution in [0.15, 0.2) is 47.1 Å². The van der Waals surface area contributed by atoms with Gasteiger partial charge in [0.05, 0.1) is 12.3 Å². The predicted molar refractivity (Wildman–Crippen MR) is 92.3 cm³/mol. The maximum absolute atomic E-state index is 11.8. The van der Waals surface area contributed by atoms with Crippen molar-refractivity contribution in [1.82, 2.24) is 5.32 Å². The topological polar surface area (TPSA) is 77.8 Å². The Balaban J connectivity index is 1.68. The molecule has 25 heavy (non-hydrogen) atoms. The molecule has 1 aromatic carbocycles. The molecule has 0 aliphatic heterocycles. The van der Waals surface area contributed by atoms with Gasteiger partial charge in [-0.2, -0.15) is 0 Å². The molecule has 0 bridgehead atoms. The first-order valence-electron chi connectivity index (χ1n) is 8.17. The molecule has 0 fully saturated rings. The fraction of sp³-hybridized carbons (Fsp3) is 0.368. The van der Waals surface area contributed by atoms with Gasteiger partial charge >= 0.3 is 5.97 Å². The third-order valence-corrected chi connectivity index (χ3v) is 3.62. The van der Waals surface area contributed by atoms with Crippen molar-refractivity contribution < 1.29 is 23.5 Å². The van der Waals surface area contributed by atoms with Gasteiger partial charge in [-0.3, -0.25) is 4.79 Å². The quantitative estimate of drug-likeness (QED) is 0.743. The van der Waals surface area contributed by atoms with Crippen molar-refractivity contribution in [3.05, 3.63) is 54.0 Å². The molecular weight excluding hydrogens is 322 g/mol. The first kappa shape index (κ1) is 18.6. The lowest BCUT2D eigenvalue weighted by Crippen LogP contribution is -2.31. The summed E-state index contributed by atoms with van der Waals surface area (Å²) in [7, 11) is 0. The van der Waals surface area contributed by atoms with Crippen LogP contribution in [0, 0.1) is 0 Å². The van der Waals surface area contributed by atoms with E-state index in [0.29, 0.717) is 17.4 Å². The van der Waals surface area contributed by atoms with E-state index in [1.165, 1.54) is 11.8 Å². The zero-order valence-electron chi connectivity index (χ0n) is 14.7. The Morgan fingerprint density at radius 1 is 1.08 bits per heavy atom. The molecule has 134 valence electrons. The summed E-state index contributed by atoms with van der Waals surface area (Å²) in [6.07, 6.45) is 1.53. The molecule has 0 radical (unpaired) electrons. The highest BCUT2D eigenvalue weighted by Gasteiger charge is 2.14. The Kier molecular flexibility index (Phi) is 6.62. The minimum atomic E-state index is -0.603. The van der Waals surface area contributed by atoms with Crippen LogP contribution in [0.1, 0.15) is 44.1 Å². The van der Waals surface area contributed by atoms with E-state index in [4.69, 9.17) is 13.9 Å². The summed E-state index contributed by atoms with van der Waals surface area (Å²) in [5, 5.41) is 2.68. The Labute approximate surface area is 147 Å². The number of carbonyl (C=O) groups is 2. The summed E-state index contributed by atoms with van der Waals surface area (Å²) in [5.74, 6) is 0.637. The molecule has 1 atom stereocenters. The molecule has 0 spiro atoms. The van der Waals surface area contributed by atoms with Gasteiger partial charge in [-0.05, 0) is 42.7 Å². The van der Waals surface area contributed by atoms with Gasteiger partial charge in [0.2, 0.25) is 0 Å². The summed E-state index contributed by atoms with van der Waals surface area (Å²) in [4.78, 5) is 23.4. The highest BCUT2D eigenvalue weighted by Crippen LogP contribution is 2.18. The molecule has 0 unspecified atom stereocenters. The van der Waals surface area contributed by atoms with Crippen molar-refractivity contribution in [2.75, 3.05) is 13.2 Å². The highest BCUT2D eigenvalue weighted by molar-refractivity contribution is 5.81. The second-order valence-corrected chi connectivity index (χ2v) is 5.98. The second-order valence-electron chi connectivity index (χ2n) is 5.98. The molecule has 2 aromatic rings. The number of nitrogens with one attached hydrogen (secondary N) is 1. The van der Waals surface area contributed by atoms with Crippen molar-refractivity contribution >= 4 is 11.9 Å². The van der Waals surface area contributed by atoms with Crippen LogP contribution >= 0.6 is 0 Å². The monoisotopic (exact) mass is 345 g/mol. The average Bonchev–Trinajstić information content (AvgIpc) is 3.13. The number of carbonyl (C=O) groups excluding carboxylic acids is 2. The standard InChI is InChI=1S/C19H23NO5/c1-13(2)15-6-8-16(9-7-15)24-12-19(22)25-11-18(21)20-14(3)17-5-4-10-23-17/h4-10,13-14H,11-12H2,1-3H3,(H,20,21)/t14-/m1/s1.